The van der Waals surface area contributed by atoms with E-state index in [0.717, 1.165) is 16.3 Å². The van der Waals surface area contributed by atoms with Crippen LogP contribution in [0.25, 0.3) is 21.3 Å². The third-order valence-corrected chi connectivity index (χ3v) is 5.76. The molecule has 2 aromatic heterocycles. The van der Waals surface area contributed by atoms with Crippen molar-refractivity contribution in [3.05, 3.63) is 75.7 Å². The van der Waals surface area contributed by atoms with Gasteiger partial charge in [-0.15, -0.1) is 11.3 Å². The normalized spacial score (nSPS) is 11.1. The number of methoxy groups -OCH3 is 1. The molecule has 0 unspecified atom stereocenters. The molecule has 7 nitrogen and oxygen atoms in total. The fourth-order valence-electron chi connectivity index (χ4n) is 3.33. The van der Waals surface area contributed by atoms with Crippen LogP contribution >= 0.6 is 11.3 Å². The Hall–Kier alpha value is -3.52. The first-order valence-corrected chi connectivity index (χ1v) is 11.1. The van der Waals surface area contributed by atoms with Gasteiger partial charge in [0.2, 0.25) is 0 Å². The van der Waals surface area contributed by atoms with E-state index >= 15 is 0 Å². The van der Waals surface area contributed by atoms with Crippen molar-refractivity contribution < 1.29 is 14.3 Å². The van der Waals surface area contributed by atoms with E-state index in [-0.39, 0.29) is 23.8 Å². The lowest BCUT2D eigenvalue weighted by Gasteiger charge is -2.12. The molecule has 4 rings (SSSR count). The summed E-state index contributed by atoms with van der Waals surface area (Å²) in [6.45, 7) is 4.41. The van der Waals surface area contributed by atoms with Crippen LogP contribution in [0.3, 0.4) is 0 Å². The van der Waals surface area contributed by atoms with Gasteiger partial charge in [-0.25, -0.2) is 14.5 Å². The first-order valence-electron chi connectivity index (χ1n) is 10.2. The molecule has 4 aromatic rings. The molecule has 0 radical (unpaired) electrons. The molecule has 2 aromatic carbocycles. The Balaban J connectivity index is 1.57. The molecule has 32 heavy (non-hydrogen) atoms. The average Bonchev–Trinajstić information content (AvgIpc) is 3.28. The van der Waals surface area contributed by atoms with E-state index in [4.69, 9.17) is 9.47 Å². The van der Waals surface area contributed by atoms with E-state index in [9.17, 15) is 9.59 Å². The van der Waals surface area contributed by atoms with Crippen LogP contribution in [0, 0.1) is 5.92 Å². The second-order valence-corrected chi connectivity index (χ2v) is 8.59. The molecule has 8 heteroatoms. The fraction of sp³-hybridized carbons (Fsp3) is 0.250. The van der Waals surface area contributed by atoms with Crippen LogP contribution in [0.4, 0.5) is 0 Å². The topological polar surface area (TPSA) is 83.3 Å². The Bertz CT molecular complexity index is 1330. The largest absolute Gasteiger partial charge is 0.497 e. The van der Waals surface area contributed by atoms with Crippen LogP contribution in [0.1, 0.15) is 30.0 Å². The number of benzene rings is 2. The van der Waals surface area contributed by atoms with Crippen LogP contribution in [-0.4, -0.2) is 27.8 Å². The van der Waals surface area contributed by atoms with Crippen LogP contribution in [0.2, 0.25) is 0 Å². The minimum atomic E-state index is -0.588. The maximum absolute atomic E-state index is 12.9. The lowest BCUT2D eigenvalue weighted by atomic mass is 10.1. The van der Waals surface area contributed by atoms with Crippen molar-refractivity contribution in [2.24, 2.45) is 5.92 Å². The van der Waals surface area contributed by atoms with Crippen molar-refractivity contribution in [2.45, 2.75) is 27.0 Å². The number of thiazole rings is 1. The van der Waals surface area contributed by atoms with Crippen molar-refractivity contribution in [3.63, 3.8) is 0 Å². The van der Waals surface area contributed by atoms with Gasteiger partial charge in [-0.1, -0.05) is 44.2 Å². The van der Waals surface area contributed by atoms with E-state index in [1.54, 1.807) is 31.4 Å². The molecule has 0 spiro atoms. The quantitative estimate of drug-likeness (QED) is 0.385. The first-order chi connectivity index (χ1) is 15.5. The molecule has 0 aliphatic carbocycles. The zero-order valence-electron chi connectivity index (χ0n) is 18.1. The zero-order chi connectivity index (χ0) is 22.7. The van der Waals surface area contributed by atoms with E-state index in [0.29, 0.717) is 23.0 Å². The lowest BCUT2D eigenvalue weighted by molar-refractivity contribution is 0.0461. The Morgan fingerprint density at radius 1 is 1.12 bits per heavy atom. The summed E-state index contributed by atoms with van der Waals surface area (Å²) in [5.41, 5.74) is 1.48. The molecule has 164 valence electrons. The van der Waals surface area contributed by atoms with E-state index in [1.165, 1.54) is 16.0 Å². The molecule has 0 N–H and O–H groups in total. The Kier molecular flexibility index (Phi) is 6.32. The molecule has 0 saturated carbocycles. The van der Waals surface area contributed by atoms with E-state index in [1.807, 2.05) is 43.5 Å². The fourth-order valence-corrected chi connectivity index (χ4v) is 4.13. The summed E-state index contributed by atoms with van der Waals surface area (Å²) < 4.78 is 12.1. The molecular weight excluding hydrogens is 426 g/mol. The molecular formula is C24H23N3O4S. The number of nitrogens with zero attached hydrogens (tertiary/aromatic N) is 3. The highest BCUT2D eigenvalue weighted by Gasteiger charge is 2.19. The van der Waals surface area contributed by atoms with Gasteiger partial charge in [0, 0.05) is 22.9 Å². The van der Waals surface area contributed by atoms with Gasteiger partial charge in [0.15, 0.2) is 5.69 Å². The van der Waals surface area contributed by atoms with Gasteiger partial charge in [-0.05, 0) is 24.1 Å². The highest BCUT2D eigenvalue weighted by molar-refractivity contribution is 7.13. The van der Waals surface area contributed by atoms with Gasteiger partial charge in [-0.2, -0.15) is 5.10 Å². The molecule has 0 saturated heterocycles. The number of esters is 1. The molecule has 0 aliphatic rings. The SMILES string of the molecule is COc1cccc(-c2nc(COC(=O)c3nn(CC(C)C)c(=O)c4ccccc34)cs2)c1. The van der Waals surface area contributed by atoms with Gasteiger partial charge in [0.05, 0.1) is 18.2 Å². The third-order valence-electron chi connectivity index (χ3n) is 4.82. The van der Waals surface area contributed by atoms with Gasteiger partial charge >= 0.3 is 5.97 Å². The number of hydrogen-bond acceptors (Lipinski definition) is 7. The second kappa shape index (κ2) is 9.32. The Morgan fingerprint density at radius 3 is 2.66 bits per heavy atom. The monoisotopic (exact) mass is 449 g/mol. The number of carbonyl (C=O) groups is 1. The molecule has 0 bridgehead atoms. The molecule has 2 heterocycles. The summed E-state index contributed by atoms with van der Waals surface area (Å²) in [6.07, 6.45) is 0. The van der Waals surface area contributed by atoms with E-state index in [2.05, 4.69) is 10.1 Å². The van der Waals surface area contributed by atoms with Crippen molar-refractivity contribution in [2.75, 3.05) is 7.11 Å². The summed E-state index contributed by atoms with van der Waals surface area (Å²) >= 11 is 1.46. The number of rotatable bonds is 7. The summed E-state index contributed by atoms with van der Waals surface area (Å²) in [4.78, 5) is 30.2. The minimum Gasteiger partial charge on any atom is -0.497 e. The van der Waals surface area contributed by atoms with Crippen molar-refractivity contribution in [1.29, 1.82) is 0 Å². The van der Waals surface area contributed by atoms with Crippen molar-refractivity contribution >= 4 is 28.1 Å². The van der Waals surface area contributed by atoms with Crippen LogP contribution in [0.5, 0.6) is 5.75 Å². The average molecular weight is 450 g/mol. The standard InChI is InChI=1S/C24H23N3O4S/c1-15(2)12-27-23(28)20-10-5-4-9-19(20)21(26-27)24(29)31-13-17-14-32-22(25-17)16-7-6-8-18(11-16)30-3/h4-11,14-15H,12-13H2,1-3H3. The predicted octanol–water partition coefficient (Wildman–Crippen LogP) is 4.54. The highest BCUT2D eigenvalue weighted by atomic mass is 32.1. The van der Waals surface area contributed by atoms with Gasteiger partial charge in [0.1, 0.15) is 17.4 Å². The number of aromatic nitrogens is 3. The highest BCUT2D eigenvalue weighted by Crippen LogP contribution is 2.27. The molecule has 0 atom stereocenters. The maximum atomic E-state index is 12.9. The zero-order valence-corrected chi connectivity index (χ0v) is 18.9. The van der Waals surface area contributed by atoms with Crippen molar-refractivity contribution in [1.82, 2.24) is 14.8 Å². The first kappa shape index (κ1) is 21.7. The predicted molar refractivity (Wildman–Crippen MR) is 124 cm³/mol. The van der Waals surface area contributed by atoms with Gasteiger partial charge in [0.25, 0.3) is 5.56 Å². The van der Waals surface area contributed by atoms with E-state index < -0.39 is 5.97 Å². The van der Waals surface area contributed by atoms with Crippen LogP contribution in [-0.2, 0) is 17.9 Å². The van der Waals surface area contributed by atoms with Crippen LogP contribution < -0.4 is 10.3 Å². The van der Waals surface area contributed by atoms with Crippen LogP contribution in [0.15, 0.2) is 58.7 Å². The summed E-state index contributed by atoms with van der Waals surface area (Å²) in [5.74, 6) is 0.366. The summed E-state index contributed by atoms with van der Waals surface area (Å²) in [6, 6.07) is 14.6. The minimum absolute atomic E-state index is 0.0125. The summed E-state index contributed by atoms with van der Waals surface area (Å²) in [5, 5.41) is 7.92. The van der Waals surface area contributed by atoms with Gasteiger partial charge < -0.3 is 9.47 Å². The molecule has 0 aliphatic heterocycles. The molecule has 0 amide bonds. The smallest absolute Gasteiger partial charge is 0.359 e. The lowest BCUT2D eigenvalue weighted by Crippen LogP contribution is -2.28. The number of carbonyl (C=O) groups excluding carboxylic acids is 1. The number of hydrogen-bond donors (Lipinski definition) is 0. The third kappa shape index (κ3) is 4.55. The second-order valence-electron chi connectivity index (χ2n) is 7.73. The molecule has 0 fully saturated rings. The number of fused-ring (bicyclic) bond motifs is 1. The maximum Gasteiger partial charge on any atom is 0.359 e. The Labute approximate surface area is 189 Å². The van der Waals surface area contributed by atoms with Crippen molar-refractivity contribution in [3.8, 4) is 16.3 Å². The Morgan fingerprint density at radius 2 is 1.91 bits per heavy atom. The summed E-state index contributed by atoms with van der Waals surface area (Å²) in [7, 11) is 1.62. The number of ether oxygens (including phenoxy) is 2. The van der Waals surface area contributed by atoms with Gasteiger partial charge in [-0.3, -0.25) is 4.79 Å².